The molecule has 3 aromatic rings. The van der Waals surface area contributed by atoms with Gasteiger partial charge in [0.1, 0.15) is 11.3 Å². The molecule has 0 atom stereocenters. The first-order valence-corrected chi connectivity index (χ1v) is 8.82. The molecule has 1 amide bonds. The Kier molecular flexibility index (Phi) is 5.41. The molecule has 0 unspecified atom stereocenters. The summed E-state index contributed by atoms with van der Waals surface area (Å²) < 4.78 is 5.91. The van der Waals surface area contributed by atoms with Gasteiger partial charge in [0, 0.05) is 30.4 Å². The number of pyridine rings is 2. The van der Waals surface area contributed by atoms with Crippen molar-refractivity contribution in [2.45, 2.75) is 13.8 Å². The Morgan fingerprint density at radius 2 is 2.07 bits per heavy atom. The number of nitrogens with zero attached hydrogens (tertiary/aromatic N) is 3. The summed E-state index contributed by atoms with van der Waals surface area (Å²) in [5.41, 5.74) is 1.79. The lowest BCUT2D eigenvalue weighted by Crippen LogP contribution is -2.33. The van der Waals surface area contributed by atoms with Gasteiger partial charge in [-0.05, 0) is 32.3 Å². The number of fused-ring (bicyclic) bond motifs is 1. The highest BCUT2D eigenvalue weighted by Gasteiger charge is 2.21. The third-order valence-corrected chi connectivity index (χ3v) is 4.00. The number of hydrogen-bond acceptors (Lipinski definition) is 5. The molecule has 0 aliphatic rings. The molecule has 0 saturated heterocycles. The molecule has 0 spiro atoms. The zero-order valence-corrected chi connectivity index (χ0v) is 16.1. The summed E-state index contributed by atoms with van der Waals surface area (Å²) in [5.74, 6) is 0.730. The van der Waals surface area contributed by atoms with Gasteiger partial charge in [-0.3, -0.25) is 4.79 Å². The number of nitrogens with one attached hydrogen (secondary N) is 2. The van der Waals surface area contributed by atoms with E-state index in [1.807, 2.05) is 32.3 Å². The largest absolute Gasteiger partial charge is 0.477 e. The molecule has 0 aromatic carbocycles. The highest BCUT2D eigenvalue weighted by Crippen LogP contribution is 2.23. The molecule has 0 aliphatic heterocycles. The van der Waals surface area contributed by atoms with Crippen molar-refractivity contribution in [2.75, 3.05) is 32.6 Å². The summed E-state index contributed by atoms with van der Waals surface area (Å²) in [7, 11) is 4.08. The lowest BCUT2D eigenvalue weighted by Gasteiger charge is -2.27. The van der Waals surface area contributed by atoms with Crippen LogP contribution in [0.25, 0.3) is 11.0 Å². The number of anilines is 1. The van der Waals surface area contributed by atoms with Crippen molar-refractivity contribution in [3.63, 3.8) is 0 Å². The monoisotopic (exact) mass is 367 g/mol. The standard InChI is InChI=1S/C20H25N5O2/c1-20(2,12-25(3)4)13-27-17-9-8-15-18(24-17)14(11-22-15)19(26)23-16-7-5-6-10-21-16/h5-11,22H,12-13H2,1-4H3,(H,21,23,26). The van der Waals surface area contributed by atoms with Crippen LogP contribution >= 0.6 is 0 Å². The summed E-state index contributed by atoms with van der Waals surface area (Å²) in [6, 6.07) is 9.03. The second-order valence-corrected chi connectivity index (χ2v) is 7.61. The summed E-state index contributed by atoms with van der Waals surface area (Å²) in [5, 5.41) is 2.78. The van der Waals surface area contributed by atoms with Gasteiger partial charge in [0.15, 0.2) is 0 Å². The number of rotatable bonds is 7. The van der Waals surface area contributed by atoms with E-state index in [4.69, 9.17) is 4.74 Å². The van der Waals surface area contributed by atoms with Crippen LogP contribution in [0, 0.1) is 5.41 Å². The fourth-order valence-electron chi connectivity index (χ4n) is 3.03. The quantitative estimate of drug-likeness (QED) is 0.670. The van der Waals surface area contributed by atoms with Crippen LogP contribution in [0.1, 0.15) is 24.2 Å². The average molecular weight is 367 g/mol. The summed E-state index contributed by atoms with van der Waals surface area (Å²) >= 11 is 0. The van der Waals surface area contributed by atoms with Crippen LogP contribution in [0.4, 0.5) is 5.82 Å². The Morgan fingerprint density at radius 1 is 1.26 bits per heavy atom. The minimum atomic E-state index is -0.266. The smallest absolute Gasteiger partial charge is 0.260 e. The molecule has 0 radical (unpaired) electrons. The van der Waals surface area contributed by atoms with Gasteiger partial charge >= 0.3 is 0 Å². The van der Waals surface area contributed by atoms with Crippen LogP contribution in [-0.4, -0.2) is 53.0 Å². The highest BCUT2D eigenvalue weighted by molar-refractivity contribution is 6.11. The predicted octanol–water partition coefficient (Wildman–Crippen LogP) is 3.18. The molecule has 7 heteroatoms. The van der Waals surface area contributed by atoms with E-state index >= 15 is 0 Å². The third kappa shape index (κ3) is 4.83. The fraction of sp³-hybridized carbons (Fsp3) is 0.350. The van der Waals surface area contributed by atoms with Crippen molar-refractivity contribution in [1.29, 1.82) is 0 Å². The number of carbonyl (C=O) groups excluding carboxylic acids is 1. The van der Waals surface area contributed by atoms with Crippen molar-refractivity contribution in [2.24, 2.45) is 5.41 Å². The summed E-state index contributed by atoms with van der Waals surface area (Å²) in [6.07, 6.45) is 3.28. The number of aromatic nitrogens is 3. The van der Waals surface area contributed by atoms with Crippen LogP contribution in [0.2, 0.25) is 0 Å². The summed E-state index contributed by atoms with van der Waals surface area (Å²) in [4.78, 5) is 26.4. The van der Waals surface area contributed by atoms with Gasteiger partial charge in [0.2, 0.25) is 5.88 Å². The number of H-pyrrole nitrogens is 1. The van der Waals surface area contributed by atoms with Crippen LogP contribution in [0.3, 0.4) is 0 Å². The molecule has 0 saturated carbocycles. The maximum absolute atomic E-state index is 12.6. The van der Waals surface area contributed by atoms with Crippen molar-refractivity contribution < 1.29 is 9.53 Å². The van der Waals surface area contributed by atoms with E-state index in [0.29, 0.717) is 29.4 Å². The minimum Gasteiger partial charge on any atom is -0.477 e. The van der Waals surface area contributed by atoms with E-state index in [1.54, 1.807) is 24.5 Å². The minimum absolute atomic E-state index is 0.0164. The molecular formula is C20H25N5O2. The maximum Gasteiger partial charge on any atom is 0.260 e. The van der Waals surface area contributed by atoms with Crippen LogP contribution in [0.15, 0.2) is 42.7 Å². The molecule has 3 rings (SSSR count). The Hall–Kier alpha value is -2.93. The first kappa shape index (κ1) is 18.8. The summed E-state index contributed by atoms with van der Waals surface area (Å²) in [6.45, 7) is 5.72. The lowest BCUT2D eigenvalue weighted by atomic mass is 9.94. The maximum atomic E-state index is 12.6. The van der Waals surface area contributed by atoms with Gasteiger partial charge in [-0.1, -0.05) is 19.9 Å². The SMILES string of the molecule is CN(C)CC(C)(C)COc1ccc2[nH]cc(C(=O)Nc3ccccn3)c2n1. The third-order valence-electron chi connectivity index (χ3n) is 4.00. The molecule has 3 aromatic heterocycles. The molecule has 142 valence electrons. The zero-order chi connectivity index (χ0) is 19.4. The zero-order valence-electron chi connectivity index (χ0n) is 16.1. The molecule has 3 heterocycles. The van der Waals surface area contributed by atoms with Gasteiger partial charge in [-0.2, -0.15) is 0 Å². The Labute approximate surface area is 158 Å². The van der Waals surface area contributed by atoms with E-state index in [0.717, 1.165) is 12.1 Å². The second-order valence-electron chi connectivity index (χ2n) is 7.61. The molecule has 0 aliphatic carbocycles. The normalized spacial score (nSPS) is 11.7. The molecule has 2 N–H and O–H groups in total. The van der Waals surface area contributed by atoms with Crippen LogP contribution in [0.5, 0.6) is 5.88 Å². The van der Waals surface area contributed by atoms with Gasteiger partial charge in [0.25, 0.3) is 5.91 Å². The second kappa shape index (κ2) is 7.75. The number of aromatic amines is 1. The topological polar surface area (TPSA) is 83.1 Å². The van der Waals surface area contributed by atoms with E-state index in [-0.39, 0.29) is 11.3 Å². The molecule has 27 heavy (non-hydrogen) atoms. The van der Waals surface area contributed by atoms with Gasteiger partial charge in [-0.25, -0.2) is 9.97 Å². The molecule has 0 fully saturated rings. The van der Waals surface area contributed by atoms with Crippen LogP contribution < -0.4 is 10.1 Å². The van der Waals surface area contributed by atoms with Crippen LogP contribution in [-0.2, 0) is 0 Å². The first-order chi connectivity index (χ1) is 12.8. The molecular weight excluding hydrogens is 342 g/mol. The molecule has 7 nitrogen and oxygen atoms in total. The van der Waals surface area contributed by atoms with Gasteiger partial charge < -0.3 is 19.9 Å². The lowest BCUT2D eigenvalue weighted by molar-refractivity contribution is 0.102. The number of ether oxygens (including phenoxy) is 1. The molecule has 0 bridgehead atoms. The highest BCUT2D eigenvalue weighted by atomic mass is 16.5. The van der Waals surface area contributed by atoms with E-state index in [2.05, 4.69) is 39.0 Å². The first-order valence-electron chi connectivity index (χ1n) is 8.82. The van der Waals surface area contributed by atoms with E-state index in [1.165, 1.54) is 0 Å². The predicted molar refractivity (Wildman–Crippen MR) is 106 cm³/mol. The van der Waals surface area contributed by atoms with E-state index in [9.17, 15) is 4.79 Å². The Morgan fingerprint density at radius 3 is 2.78 bits per heavy atom. The average Bonchev–Trinajstić information content (AvgIpc) is 3.03. The Bertz CT molecular complexity index is 919. The fourth-order valence-corrected chi connectivity index (χ4v) is 3.03. The van der Waals surface area contributed by atoms with Crippen molar-refractivity contribution in [1.82, 2.24) is 19.9 Å². The number of carbonyl (C=O) groups is 1. The van der Waals surface area contributed by atoms with Crippen molar-refractivity contribution >= 4 is 22.8 Å². The van der Waals surface area contributed by atoms with Crippen molar-refractivity contribution in [3.8, 4) is 5.88 Å². The Balaban J connectivity index is 1.77. The van der Waals surface area contributed by atoms with Gasteiger partial charge in [-0.15, -0.1) is 0 Å². The van der Waals surface area contributed by atoms with Gasteiger partial charge in [0.05, 0.1) is 17.7 Å². The number of amides is 1. The van der Waals surface area contributed by atoms with Crippen molar-refractivity contribution in [3.05, 3.63) is 48.3 Å². The van der Waals surface area contributed by atoms with E-state index < -0.39 is 0 Å². The number of hydrogen-bond donors (Lipinski definition) is 2.